The predicted octanol–water partition coefficient (Wildman–Crippen LogP) is 2.62. The molecular weight excluding hydrogens is 338 g/mol. The van der Waals surface area contributed by atoms with Gasteiger partial charge >= 0.3 is 5.69 Å². The van der Waals surface area contributed by atoms with Crippen molar-refractivity contribution in [3.8, 4) is 11.3 Å². The van der Waals surface area contributed by atoms with Crippen LogP contribution in [0.3, 0.4) is 0 Å². The molecule has 0 aliphatic carbocycles. The molecule has 2 heterocycles. The molecule has 3 aromatic rings. The van der Waals surface area contributed by atoms with Crippen molar-refractivity contribution < 1.29 is 0 Å². The first-order valence-electron chi connectivity index (χ1n) is 7.84. The van der Waals surface area contributed by atoms with Crippen molar-refractivity contribution in [1.29, 1.82) is 0 Å². The number of benzene rings is 1. The van der Waals surface area contributed by atoms with Crippen molar-refractivity contribution in [3.05, 3.63) is 55.5 Å². The minimum atomic E-state index is -0.531. The summed E-state index contributed by atoms with van der Waals surface area (Å²) in [5.74, 6) is 0.125. The van der Waals surface area contributed by atoms with Gasteiger partial charge in [0.1, 0.15) is 11.4 Å². The van der Waals surface area contributed by atoms with Crippen LogP contribution in [0.1, 0.15) is 18.1 Å². The fourth-order valence-corrected chi connectivity index (χ4v) is 3.42. The minimum absolute atomic E-state index is 0.125. The Morgan fingerprint density at radius 1 is 1.28 bits per heavy atom. The molecule has 2 aromatic heterocycles. The van der Waals surface area contributed by atoms with Gasteiger partial charge < -0.3 is 11.1 Å². The summed E-state index contributed by atoms with van der Waals surface area (Å²) < 4.78 is 1.31. The lowest BCUT2D eigenvalue weighted by Crippen LogP contribution is -2.32. The third kappa shape index (κ3) is 3.08. The van der Waals surface area contributed by atoms with Crippen molar-refractivity contribution in [2.24, 2.45) is 0 Å². The van der Waals surface area contributed by atoms with E-state index < -0.39 is 11.2 Å². The number of nitrogen functional groups attached to an aromatic ring is 1. The number of rotatable bonds is 4. The van der Waals surface area contributed by atoms with Crippen molar-refractivity contribution >= 4 is 28.0 Å². The molecule has 0 unspecified atom stereocenters. The zero-order valence-corrected chi connectivity index (χ0v) is 15.0. The molecular formula is C17H19N5O2S. The third-order valence-corrected chi connectivity index (χ3v) is 4.79. The Kier molecular flexibility index (Phi) is 4.45. The van der Waals surface area contributed by atoms with Gasteiger partial charge in [0.2, 0.25) is 0 Å². The molecule has 0 saturated heterocycles. The van der Waals surface area contributed by atoms with Crippen LogP contribution < -0.4 is 22.3 Å². The van der Waals surface area contributed by atoms with Crippen LogP contribution in [0.4, 0.5) is 16.6 Å². The van der Waals surface area contributed by atoms with Crippen molar-refractivity contribution in [1.82, 2.24) is 14.5 Å². The summed E-state index contributed by atoms with van der Waals surface area (Å²) in [5, 5.41) is 5.70. The normalized spacial score (nSPS) is 10.8. The van der Waals surface area contributed by atoms with E-state index in [4.69, 9.17) is 5.73 Å². The summed E-state index contributed by atoms with van der Waals surface area (Å²) in [4.78, 5) is 30.8. The molecule has 0 bridgehead atoms. The maximum atomic E-state index is 12.2. The molecule has 0 saturated carbocycles. The molecule has 0 spiro atoms. The molecule has 0 radical (unpaired) electrons. The van der Waals surface area contributed by atoms with Crippen LogP contribution in [0, 0.1) is 13.8 Å². The molecule has 1 aromatic carbocycles. The number of para-hydroxylation sites is 1. The Balaban J connectivity index is 2.03. The van der Waals surface area contributed by atoms with Crippen LogP contribution in [0.5, 0.6) is 0 Å². The Bertz CT molecular complexity index is 1030. The van der Waals surface area contributed by atoms with Gasteiger partial charge in [-0.1, -0.05) is 18.2 Å². The van der Waals surface area contributed by atoms with Crippen LogP contribution in [-0.2, 0) is 6.54 Å². The fourth-order valence-electron chi connectivity index (χ4n) is 2.71. The summed E-state index contributed by atoms with van der Waals surface area (Å²) in [6.07, 6.45) is 0. The Labute approximate surface area is 148 Å². The van der Waals surface area contributed by atoms with Gasteiger partial charge in [-0.25, -0.2) is 9.78 Å². The number of anilines is 3. The van der Waals surface area contributed by atoms with Crippen molar-refractivity contribution in [2.75, 3.05) is 11.1 Å². The predicted molar refractivity (Wildman–Crippen MR) is 102 cm³/mol. The standard InChI is InChI=1S/C17H19N5O2S/c1-4-22-14(18)12(15(23)21-17(22)24)11-8-25-16(19-11)20-13-9(2)6-5-7-10(13)3/h5-8H,4,18H2,1-3H3,(H,19,20)(H,21,23,24). The number of nitrogens with two attached hydrogens (primary N) is 1. The first-order chi connectivity index (χ1) is 11.9. The number of nitrogens with one attached hydrogen (secondary N) is 2. The number of thiazole rings is 1. The number of hydrogen-bond acceptors (Lipinski definition) is 6. The lowest BCUT2D eigenvalue weighted by molar-refractivity contribution is 0.706. The van der Waals surface area contributed by atoms with Crippen molar-refractivity contribution in [2.45, 2.75) is 27.3 Å². The zero-order chi connectivity index (χ0) is 18.1. The van der Waals surface area contributed by atoms with Gasteiger partial charge in [-0.15, -0.1) is 11.3 Å². The highest BCUT2D eigenvalue weighted by Gasteiger charge is 2.16. The van der Waals surface area contributed by atoms with E-state index in [9.17, 15) is 9.59 Å². The minimum Gasteiger partial charge on any atom is -0.384 e. The van der Waals surface area contributed by atoms with Crippen molar-refractivity contribution in [3.63, 3.8) is 0 Å². The molecule has 0 aliphatic rings. The van der Waals surface area contributed by atoms with Gasteiger partial charge in [-0.3, -0.25) is 14.3 Å². The Morgan fingerprint density at radius 3 is 2.60 bits per heavy atom. The molecule has 3 rings (SSSR count). The summed E-state index contributed by atoms with van der Waals surface area (Å²) in [6.45, 7) is 6.19. The molecule has 25 heavy (non-hydrogen) atoms. The van der Waals surface area contributed by atoms with E-state index in [0.717, 1.165) is 16.8 Å². The van der Waals surface area contributed by atoms with Gasteiger partial charge in [0.25, 0.3) is 5.56 Å². The second-order valence-electron chi connectivity index (χ2n) is 5.69. The van der Waals surface area contributed by atoms with Gasteiger partial charge in [0, 0.05) is 17.6 Å². The highest BCUT2D eigenvalue weighted by atomic mass is 32.1. The Hall–Kier alpha value is -2.87. The molecule has 8 heteroatoms. The van der Waals surface area contributed by atoms with E-state index >= 15 is 0 Å². The number of aromatic nitrogens is 3. The second kappa shape index (κ2) is 6.56. The third-order valence-electron chi connectivity index (χ3n) is 4.03. The van der Waals surface area contributed by atoms with Gasteiger partial charge in [0.05, 0.1) is 5.69 Å². The number of nitrogens with zero attached hydrogens (tertiary/aromatic N) is 2. The average Bonchev–Trinajstić information content (AvgIpc) is 2.99. The maximum Gasteiger partial charge on any atom is 0.329 e. The molecule has 4 N–H and O–H groups in total. The van der Waals surface area contributed by atoms with Crippen LogP contribution >= 0.6 is 11.3 Å². The number of H-pyrrole nitrogens is 1. The summed E-state index contributed by atoms with van der Waals surface area (Å²) >= 11 is 1.37. The molecule has 0 atom stereocenters. The lowest BCUT2D eigenvalue weighted by Gasteiger charge is -2.10. The summed E-state index contributed by atoms with van der Waals surface area (Å²) in [6, 6.07) is 6.03. The average molecular weight is 357 g/mol. The van der Waals surface area contributed by atoms with E-state index in [1.165, 1.54) is 15.9 Å². The van der Waals surface area contributed by atoms with E-state index in [1.54, 1.807) is 12.3 Å². The summed E-state index contributed by atoms with van der Waals surface area (Å²) in [5.41, 5.74) is 8.84. The first kappa shape index (κ1) is 17.0. The largest absolute Gasteiger partial charge is 0.384 e. The number of hydrogen-bond donors (Lipinski definition) is 3. The van der Waals surface area contributed by atoms with E-state index in [1.807, 2.05) is 32.0 Å². The topological polar surface area (TPSA) is 106 Å². The van der Waals surface area contributed by atoms with Crippen LogP contribution in [-0.4, -0.2) is 14.5 Å². The summed E-state index contributed by atoms with van der Waals surface area (Å²) in [7, 11) is 0. The van der Waals surface area contributed by atoms with Crippen LogP contribution in [0.15, 0.2) is 33.2 Å². The maximum absolute atomic E-state index is 12.2. The second-order valence-corrected chi connectivity index (χ2v) is 6.55. The molecule has 7 nitrogen and oxygen atoms in total. The molecule has 0 amide bonds. The van der Waals surface area contributed by atoms with Crippen LogP contribution in [0.2, 0.25) is 0 Å². The van der Waals surface area contributed by atoms with E-state index in [-0.39, 0.29) is 11.4 Å². The van der Waals surface area contributed by atoms with Gasteiger partial charge in [-0.05, 0) is 31.9 Å². The number of aryl methyl sites for hydroxylation is 2. The van der Waals surface area contributed by atoms with Gasteiger partial charge in [-0.2, -0.15) is 0 Å². The van der Waals surface area contributed by atoms with Gasteiger partial charge in [0.15, 0.2) is 5.13 Å². The zero-order valence-electron chi connectivity index (χ0n) is 14.2. The first-order valence-corrected chi connectivity index (χ1v) is 8.72. The lowest BCUT2D eigenvalue weighted by atomic mass is 10.1. The van der Waals surface area contributed by atoms with E-state index in [2.05, 4.69) is 15.3 Å². The smallest absolute Gasteiger partial charge is 0.329 e. The Morgan fingerprint density at radius 2 is 1.96 bits per heavy atom. The van der Waals surface area contributed by atoms with E-state index in [0.29, 0.717) is 17.4 Å². The quantitative estimate of drug-likeness (QED) is 0.665. The molecule has 0 aliphatic heterocycles. The fraction of sp³-hybridized carbons (Fsp3) is 0.235. The highest BCUT2D eigenvalue weighted by molar-refractivity contribution is 7.14. The monoisotopic (exact) mass is 357 g/mol. The molecule has 130 valence electrons. The SMILES string of the molecule is CCn1c(N)c(-c2csc(Nc3c(C)cccc3C)n2)c(=O)[nH]c1=O. The highest BCUT2D eigenvalue weighted by Crippen LogP contribution is 2.30. The van der Waals surface area contributed by atoms with Crippen LogP contribution in [0.25, 0.3) is 11.3 Å². The molecule has 0 fully saturated rings. The number of aromatic amines is 1.